The number of aliphatic carboxylic acids is 1. The van der Waals surface area contributed by atoms with E-state index in [0.717, 1.165) is 16.7 Å². The molecule has 1 atom stereocenters. The van der Waals surface area contributed by atoms with Crippen LogP contribution in [0.4, 0.5) is 20.2 Å². The number of nitrogens with zero attached hydrogens (tertiary/aromatic N) is 3. The third-order valence-corrected chi connectivity index (χ3v) is 9.54. The largest absolute Gasteiger partial charge is 0.480 e. The third kappa shape index (κ3) is 7.92. The van der Waals surface area contributed by atoms with E-state index in [4.69, 9.17) is 4.74 Å². The van der Waals surface area contributed by atoms with Crippen LogP contribution in [-0.4, -0.2) is 58.1 Å². The van der Waals surface area contributed by atoms with Crippen molar-refractivity contribution in [2.24, 2.45) is 12.5 Å². The van der Waals surface area contributed by atoms with E-state index in [-0.39, 0.29) is 35.2 Å². The summed E-state index contributed by atoms with van der Waals surface area (Å²) in [6, 6.07) is 6.88. The van der Waals surface area contributed by atoms with Crippen molar-refractivity contribution < 1.29 is 41.4 Å². The average Bonchev–Trinajstić information content (AvgIpc) is 3.08. The van der Waals surface area contributed by atoms with Gasteiger partial charge in [-0.15, -0.1) is 0 Å². The van der Waals surface area contributed by atoms with Gasteiger partial charge in [-0.3, -0.25) is 23.7 Å². The fraction of sp³-hybridized carbons (Fsp3) is 0.294. The summed E-state index contributed by atoms with van der Waals surface area (Å²) in [5.41, 5.74) is -2.18. The Morgan fingerprint density at radius 2 is 1.73 bits per heavy atom. The van der Waals surface area contributed by atoms with E-state index in [0.29, 0.717) is 42.1 Å². The van der Waals surface area contributed by atoms with Gasteiger partial charge in [-0.1, -0.05) is 26.8 Å². The second-order valence-electron chi connectivity index (χ2n) is 12.9. The normalized spacial score (nSPS) is 13.5. The van der Waals surface area contributed by atoms with Crippen molar-refractivity contribution in [2.45, 2.75) is 51.2 Å². The first-order chi connectivity index (χ1) is 24.4. The number of pyridine rings is 1. The number of aromatic nitrogens is 3. The van der Waals surface area contributed by atoms with Crippen molar-refractivity contribution in [3.8, 4) is 5.82 Å². The number of carboxylic acid groups (broad SMARTS) is 1. The number of benzene rings is 2. The van der Waals surface area contributed by atoms with E-state index in [2.05, 4.69) is 15.6 Å². The number of hydrogen-bond acceptors (Lipinski definition) is 9. The smallest absolute Gasteiger partial charge is 0.336 e. The Balaban J connectivity index is 1.28. The molecule has 3 heterocycles. The molecule has 15 nitrogen and oxygen atoms in total. The van der Waals surface area contributed by atoms with Gasteiger partial charge in [-0.05, 0) is 42.0 Å². The SMILES string of the molecule is Cn1c2c(c(=O)n(-c3ccc(C[C@H](NC(=O)c4cc(F)c(NS(=O)(=O)c5ccc(NC(=O)C(C)(C)C)cc5)cc4F)C(=O)O)cn3)c1=O)CCOC2. The average molecular weight is 741 g/mol. The van der Waals surface area contributed by atoms with Crippen LogP contribution in [0.5, 0.6) is 0 Å². The number of halogens is 2. The van der Waals surface area contributed by atoms with Gasteiger partial charge in [0, 0.05) is 48.8 Å². The molecule has 0 radical (unpaired) electrons. The molecule has 5 rings (SSSR count). The number of fused-ring (bicyclic) bond motifs is 1. The Hall–Kier alpha value is -5.75. The molecule has 1 aliphatic rings. The Labute approximate surface area is 295 Å². The predicted molar refractivity (Wildman–Crippen MR) is 183 cm³/mol. The lowest BCUT2D eigenvalue weighted by atomic mass is 9.95. The molecule has 4 aromatic rings. The molecule has 18 heteroatoms. The van der Waals surface area contributed by atoms with E-state index in [9.17, 15) is 37.5 Å². The van der Waals surface area contributed by atoms with Crippen LogP contribution in [0.2, 0.25) is 0 Å². The number of carbonyl (C=O) groups is 3. The summed E-state index contributed by atoms with van der Waals surface area (Å²) in [6.45, 7) is 5.51. The zero-order valence-electron chi connectivity index (χ0n) is 28.3. The van der Waals surface area contributed by atoms with Crippen LogP contribution >= 0.6 is 0 Å². The van der Waals surface area contributed by atoms with Gasteiger partial charge in [0.05, 0.1) is 35.1 Å². The van der Waals surface area contributed by atoms with Crippen LogP contribution in [0, 0.1) is 17.0 Å². The second kappa shape index (κ2) is 14.5. The van der Waals surface area contributed by atoms with Crippen molar-refractivity contribution in [3.63, 3.8) is 0 Å². The molecule has 0 saturated heterocycles. The first-order valence-corrected chi connectivity index (χ1v) is 17.2. The van der Waals surface area contributed by atoms with Gasteiger partial charge in [-0.2, -0.15) is 0 Å². The molecule has 52 heavy (non-hydrogen) atoms. The van der Waals surface area contributed by atoms with Gasteiger partial charge < -0.3 is 20.5 Å². The fourth-order valence-electron chi connectivity index (χ4n) is 5.17. The molecule has 0 saturated carbocycles. The molecule has 0 fully saturated rings. The molecule has 0 bridgehead atoms. The van der Waals surface area contributed by atoms with E-state index in [1.807, 2.05) is 4.72 Å². The molecule has 0 aliphatic carbocycles. The highest BCUT2D eigenvalue weighted by Crippen LogP contribution is 2.25. The number of nitrogens with one attached hydrogen (secondary N) is 3. The van der Waals surface area contributed by atoms with Gasteiger partial charge in [0.2, 0.25) is 5.91 Å². The van der Waals surface area contributed by atoms with Crippen molar-refractivity contribution in [2.75, 3.05) is 16.6 Å². The summed E-state index contributed by atoms with van der Waals surface area (Å²) >= 11 is 0. The summed E-state index contributed by atoms with van der Waals surface area (Å²) in [5, 5.41) is 14.5. The minimum atomic E-state index is -4.45. The lowest BCUT2D eigenvalue weighted by molar-refractivity contribution is -0.139. The van der Waals surface area contributed by atoms with E-state index >= 15 is 8.78 Å². The molecule has 274 valence electrons. The zero-order chi connectivity index (χ0) is 38.1. The van der Waals surface area contributed by atoms with Gasteiger partial charge in [-0.25, -0.2) is 36.3 Å². The number of carboxylic acids is 1. The number of carbonyl (C=O) groups excluding carboxylic acids is 2. The minimum Gasteiger partial charge on any atom is -0.480 e. The predicted octanol–water partition coefficient (Wildman–Crippen LogP) is 2.49. The minimum absolute atomic E-state index is 0.0191. The van der Waals surface area contributed by atoms with Crippen molar-refractivity contribution in [1.82, 2.24) is 19.4 Å². The van der Waals surface area contributed by atoms with Crippen molar-refractivity contribution in [1.29, 1.82) is 0 Å². The number of hydrogen-bond donors (Lipinski definition) is 4. The monoisotopic (exact) mass is 740 g/mol. The Kier molecular flexibility index (Phi) is 10.4. The van der Waals surface area contributed by atoms with Gasteiger partial charge >= 0.3 is 11.7 Å². The first-order valence-electron chi connectivity index (χ1n) is 15.7. The third-order valence-electron chi connectivity index (χ3n) is 8.16. The molecule has 0 spiro atoms. The zero-order valence-corrected chi connectivity index (χ0v) is 29.1. The Morgan fingerprint density at radius 3 is 2.35 bits per heavy atom. The van der Waals surface area contributed by atoms with Crippen LogP contribution in [0.25, 0.3) is 5.82 Å². The summed E-state index contributed by atoms with van der Waals surface area (Å²) in [5.74, 6) is -5.83. The maximum Gasteiger partial charge on any atom is 0.336 e. The number of amides is 2. The maximum absolute atomic E-state index is 15.1. The number of sulfonamides is 1. The Bertz CT molecular complexity index is 2300. The fourth-order valence-corrected chi connectivity index (χ4v) is 6.23. The standard InChI is InChI=1S/C34H34F2N6O9S/c1-34(2,3)32(47)38-19-6-8-20(9-7-19)52(49,50)40-25-15-23(35)22(14-24(25)36)29(43)39-26(31(45)46)13-18-5-10-28(37-16-18)42-30(44)21-11-12-51-17-27(21)41(4)33(42)48/h5-10,14-16,26,40H,11-13,17H2,1-4H3,(H,38,47)(H,39,43)(H,45,46)/t26-/m0/s1. The van der Waals surface area contributed by atoms with Crippen LogP contribution in [0.3, 0.4) is 0 Å². The highest BCUT2D eigenvalue weighted by molar-refractivity contribution is 7.92. The van der Waals surface area contributed by atoms with Crippen LogP contribution < -0.4 is 26.6 Å². The quantitative estimate of drug-likeness (QED) is 0.187. The van der Waals surface area contributed by atoms with Gasteiger partial charge in [0.15, 0.2) is 0 Å². The summed E-state index contributed by atoms with van der Waals surface area (Å²) in [6.07, 6.45) is 1.14. The summed E-state index contributed by atoms with van der Waals surface area (Å²) < 4.78 is 65.4. The molecule has 2 aromatic heterocycles. The lowest BCUT2D eigenvalue weighted by Gasteiger charge is -2.20. The van der Waals surface area contributed by atoms with Crippen LogP contribution in [0.15, 0.2) is 69.2 Å². The molecule has 4 N–H and O–H groups in total. The second-order valence-corrected chi connectivity index (χ2v) is 14.6. The highest BCUT2D eigenvalue weighted by atomic mass is 32.2. The van der Waals surface area contributed by atoms with Gasteiger partial charge in [0.1, 0.15) is 23.5 Å². The Morgan fingerprint density at radius 1 is 1.04 bits per heavy atom. The van der Waals surface area contributed by atoms with Crippen LogP contribution in [-0.2, 0) is 50.8 Å². The molecule has 0 unspecified atom stereocenters. The number of rotatable bonds is 10. The topological polar surface area (TPSA) is 208 Å². The van der Waals surface area contributed by atoms with Crippen molar-refractivity contribution in [3.05, 3.63) is 110 Å². The summed E-state index contributed by atoms with van der Waals surface area (Å²) in [7, 11) is -2.95. The van der Waals surface area contributed by atoms with E-state index < -0.39 is 67.5 Å². The molecular formula is C34H34F2N6O9S. The lowest BCUT2D eigenvalue weighted by Crippen LogP contribution is -2.43. The number of ether oxygens (including phenoxy) is 1. The molecule has 2 aromatic carbocycles. The molecule has 2 amide bonds. The van der Waals surface area contributed by atoms with Crippen molar-refractivity contribution >= 4 is 39.2 Å². The highest BCUT2D eigenvalue weighted by Gasteiger charge is 2.27. The molecular weight excluding hydrogens is 706 g/mol. The summed E-state index contributed by atoms with van der Waals surface area (Å²) in [4.78, 5) is 67.0. The maximum atomic E-state index is 15.1. The van der Waals surface area contributed by atoms with Gasteiger partial charge in [0.25, 0.3) is 21.5 Å². The van der Waals surface area contributed by atoms with E-state index in [1.165, 1.54) is 42.1 Å². The van der Waals surface area contributed by atoms with E-state index in [1.54, 1.807) is 20.8 Å². The first kappa shape index (κ1) is 37.5. The molecule has 1 aliphatic heterocycles. The number of anilines is 2. The van der Waals surface area contributed by atoms with Crippen LogP contribution in [0.1, 0.15) is 48.0 Å².